The smallest absolute Gasteiger partial charge is 0.350 e. The molecule has 2 saturated heterocycles. The fourth-order valence-corrected chi connectivity index (χ4v) is 6.63. The zero-order valence-electron chi connectivity index (χ0n) is 19.2. The lowest BCUT2D eigenvalue weighted by Crippen LogP contribution is -2.76. The van der Waals surface area contributed by atoms with Crippen LogP contribution in [0.3, 0.4) is 0 Å². The molecule has 5 rings (SSSR count). The summed E-state index contributed by atoms with van der Waals surface area (Å²) in [5.74, 6) is 0.542. The van der Waals surface area contributed by atoms with Crippen LogP contribution in [0.25, 0.3) is 0 Å². The first-order valence-corrected chi connectivity index (χ1v) is 12.4. The monoisotopic (exact) mass is 432 g/mol. The summed E-state index contributed by atoms with van der Waals surface area (Å²) in [5.41, 5.74) is -1.09. The van der Waals surface area contributed by atoms with Crippen molar-refractivity contribution in [3.63, 3.8) is 0 Å². The molecule has 2 spiro atoms. The number of allylic oxidation sites excluding steroid dienone is 1. The van der Waals surface area contributed by atoms with Crippen LogP contribution in [-0.2, 0) is 19.0 Å². The quantitative estimate of drug-likeness (QED) is 0.406. The van der Waals surface area contributed by atoms with E-state index < -0.39 is 5.72 Å². The van der Waals surface area contributed by atoms with Gasteiger partial charge in [0.15, 0.2) is 11.6 Å². The minimum atomic E-state index is -0.714. The number of esters is 1. The van der Waals surface area contributed by atoms with E-state index in [1.165, 1.54) is 0 Å². The van der Waals surface area contributed by atoms with Gasteiger partial charge in [-0.2, -0.15) is 0 Å². The van der Waals surface area contributed by atoms with E-state index in [-0.39, 0.29) is 35.9 Å². The van der Waals surface area contributed by atoms with Crippen molar-refractivity contribution in [2.75, 3.05) is 6.61 Å². The van der Waals surface area contributed by atoms with E-state index in [1.54, 1.807) is 0 Å². The van der Waals surface area contributed by atoms with Crippen molar-refractivity contribution < 1.29 is 23.6 Å². The molecule has 0 aromatic heterocycles. The topological polar surface area (TPSA) is 71.8 Å². The van der Waals surface area contributed by atoms with E-state index in [9.17, 15) is 4.79 Å². The van der Waals surface area contributed by atoms with Crippen LogP contribution in [0, 0.1) is 5.92 Å². The van der Waals surface area contributed by atoms with Crippen molar-refractivity contribution in [2.24, 2.45) is 5.92 Å². The minimum absolute atomic E-state index is 0.0984. The lowest BCUT2D eigenvalue weighted by Gasteiger charge is -2.50. The Morgan fingerprint density at radius 2 is 2.10 bits per heavy atom. The molecule has 0 saturated carbocycles. The van der Waals surface area contributed by atoms with E-state index in [1.807, 2.05) is 6.92 Å². The third-order valence-corrected chi connectivity index (χ3v) is 7.89. The maximum absolute atomic E-state index is 13.2. The molecule has 7 nitrogen and oxygen atoms in total. The number of nitrogens with zero attached hydrogens (tertiary/aromatic N) is 1. The minimum Gasteiger partial charge on any atom is -0.465 e. The van der Waals surface area contributed by atoms with Crippen LogP contribution in [0.15, 0.2) is 12.2 Å². The SMILES string of the molecule is CCOC(=O)[C@H]1C2CC[C@H]3C[C@@]4(CCC=C[C@H](CC)O4)NC(=[N+]23)N[C@@]12CCC[C@@H](C)O2. The van der Waals surface area contributed by atoms with Gasteiger partial charge in [-0.3, -0.25) is 9.37 Å². The summed E-state index contributed by atoms with van der Waals surface area (Å²) in [6.07, 6.45) is 13.5. The highest BCUT2D eigenvalue weighted by atomic mass is 16.6. The second-order valence-electron chi connectivity index (χ2n) is 9.97. The third kappa shape index (κ3) is 3.58. The highest BCUT2D eigenvalue weighted by molar-refractivity contribution is 5.82. The molecule has 2 fully saturated rings. The summed E-state index contributed by atoms with van der Waals surface area (Å²) in [6, 6.07) is 0.459. The Labute approximate surface area is 185 Å². The molecule has 0 bridgehead atoms. The molecule has 0 amide bonds. The largest absolute Gasteiger partial charge is 0.465 e. The van der Waals surface area contributed by atoms with E-state index in [0.29, 0.717) is 12.6 Å². The predicted octanol–water partition coefficient (Wildman–Crippen LogP) is 2.79. The van der Waals surface area contributed by atoms with Crippen LogP contribution in [0.5, 0.6) is 0 Å². The highest BCUT2D eigenvalue weighted by Crippen LogP contribution is 2.45. The number of nitrogens with one attached hydrogen (secondary N) is 2. The molecule has 7 heteroatoms. The molecule has 31 heavy (non-hydrogen) atoms. The van der Waals surface area contributed by atoms with Crippen molar-refractivity contribution in [3.05, 3.63) is 12.2 Å². The summed E-state index contributed by atoms with van der Waals surface area (Å²) in [5, 5.41) is 7.52. The van der Waals surface area contributed by atoms with Crippen molar-refractivity contribution >= 4 is 11.9 Å². The first kappa shape index (κ1) is 21.3. The normalized spacial score (nSPS) is 43.9. The van der Waals surface area contributed by atoms with Gasteiger partial charge in [-0.25, -0.2) is 10.6 Å². The van der Waals surface area contributed by atoms with Crippen LogP contribution in [-0.4, -0.2) is 58.9 Å². The van der Waals surface area contributed by atoms with Gasteiger partial charge in [0.2, 0.25) is 5.72 Å². The first-order chi connectivity index (χ1) is 15.0. The van der Waals surface area contributed by atoms with Crippen LogP contribution in [0.4, 0.5) is 0 Å². The van der Waals surface area contributed by atoms with Crippen LogP contribution in [0.2, 0.25) is 0 Å². The summed E-state index contributed by atoms with van der Waals surface area (Å²) < 4.78 is 21.3. The molecule has 172 valence electrons. The Balaban J connectivity index is 1.52. The highest BCUT2D eigenvalue weighted by Gasteiger charge is 2.64. The molecule has 7 atom stereocenters. The molecular formula is C24H38N3O4+. The third-order valence-electron chi connectivity index (χ3n) is 7.89. The Hall–Kier alpha value is -1.60. The standard InChI is InChI=1S/C24H37N3O4/c1-4-18-10-6-7-13-23(31-18)15-17-11-12-19-20(21(28)29-5-2)24(14-8-9-16(3)30-24)26-22(25-23)27(17)19/h6,10,16-20H,4-5,7-9,11-15H2,1-3H3,(H,25,26)/p+1/t16-,17+,18+,19?,20-,23+,24-/m1/s1. The molecule has 0 radical (unpaired) electrons. The molecule has 2 N–H and O–H groups in total. The molecular weight excluding hydrogens is 394 g/mol. The molecule has 5 heterocycles. The molecule has 1 unspecified atom stereocenters. The average molecular weight is 433 g/mol. The number of carbonyl (C=O) groups is 1. The van der Waals surface area contributed by atoms with Gasteiger partial charge in [0.1, 0.15) is 0 Å². The Bertz CT molecular complexity index is 783. The number of carbonyl (C=O) groups excluding carboxylic acids is 1. The predicted molar refractivity (Wildman–Crippen MR) is 116 cm³/mol. The van der Waals surface area contributed by atoms with Crippen molar-refractivity contribution in [1.82, 2.24) is 10.6 Å². The zero-order valence-corrected chi connectivity index (χ0v) is 19.2. The van der Waals surface area contributed by atoms with E-state index in [0.717, 1.165) is 63.7 Å². The van der Waals surface area contributed by atoms with Crippen molar-refractivity contribution in [1.29, 1.82) is 0 Å². The van der Waals surface area contributed by atoms with Gasteiger partial charge in [0.25, 0.3) is 0 Å². The molecule has 0 aromatic carbocycles. The van der Waals surface area contributed by atoms with E-state index in [2.05, 4.69) is 41.2 Å². The summed E-state index contributed by atoms with van der Waals surface area (Å²) >= 11 is 0. The summed E-state index contributed by atoms with van der Waals surface area (Å²) in [7, 11) is 0. The summed E-state index contributed by atoms with van der Waals surface area (Å²) in [6.45, 7) is 6.57. The van der Waals surface area contributed by atoms with Gasteiger partial charge in [-0.1, -0.05) is 19.1 Å². The number of ether oxygens (including phenoxy) is 3. The number of hydrogen-bond donors (Lipinski definition) is 2. The Morgan fingerprint density at radius 1 is 1.23 bits per heavy atom. The van der Waals surface area contributed by atoms with Gasteiger partial charge < -0.3 is 14.2 Å². The number of hydrogen-bond acceptors (Lipinski definition) is 6. The van der Waals surface area contributed by atoms with Gasteiger partial charge >= 0.3 is 11.9 Å². The van der Waals surface area contributed by atoms with Crippen LogP contribution in [0.1, 0.15) is 78.6 Å². The maximum Gasteiger partial charge on any atom is 0.350 e. The van der Waals surface area contributed by atoms with E-state index >= 15 is 0 Å². The van der Waals surface area contributed by atoms with E-state index in [4.69, 9.17) is 14.2 Å². The second kappa shape index (κ2) is 8.07. The van der Waals surface area contributed by atoms with Crippen LogP contribution >= 0.6 is 0 Å². The molecule has 5 aliphatic rings. The Morgan fingerprint density at radius 3 is 2.87 bits per heavy atom. The van der Waals surface area contributed by atoms with Crippen LogP contribution < -0.4 is 10.6 Å². The van der Waals surface area contributed by atoms with Crippen molar-refractivity contribution in [3.8, 4) is 0 Å². The fourth-order valence-electron chi connectivity index (χ4n) is 6.63. The molecule has 0 aliphatic carbocycles. The van der Waals surface area contributed by atoms with Gasteiger partial charge in [0, 0.05) is 19.3 Å². The summed E-state index contributed by atoms with van der Waals surface area (Å²) in [4.78, 5) is 13.2. The fraction of sp³-hybridized carbons (Fsp3) is 0.833. The lowest BCUT2D eigenvalue weighted by molar-refractivity contribution is -0.609. The Kier molecular flexibility index (Phi) is 5.53. The number of guanidine groups is 1. The lowest BCUT2D eigenvalue weighted by atomic mass is 9.80. The second-order valence-corrected chi connectivity index (χ2v) is 9.97. The van der Waals surface area contributed by atoms with Crippen molar-refractivity contribution in [2.45, 2.75) is 114 Å². The first-order valence-electron chi connectivity index (χ1n) is 12.4. The van der Waals surface area contributed by atoms with Gasteiger partial charge in [-0.05, 0) is 52.4 Å². The number of rotatable bonds is 3. The van der Waals surface area contributed by atoms with Gasteiger partial charge in [0.05, 0.1) is 30.9 Å². The zero-order chi connectivity index (χ0) is 21.6. The molecule has 0 aromatic rings. The molecule has 5 aliphatic heterocycles. The maximum atomic E-state index is 13.2. The van der Waals surface area contributed by atoms with Gasteiger partial charge in [-0.15, -0.1) is 0 Å². The average Bonchev–Trinajstić information content (AvgIpc) is 3.03.